The van der Waals surface area contributed by atoms with Crippen molar-refractivity contribution in [1.82, 2.24) is 0 Å². The Hall–Kier alpha value is -2.23. The minimum atomic E-state index is -0.564. The van der Waals surface area contributed by atoms with Gasteiger partial charge in [0.05, 0.1) is 0 Å². The van der Waals surface area contributed by atoms with E-state index >= 15 is 0 Å². The van der Waals surface area contributed by atoms with Gasteiger partial charge in [0.2, 0.25) is 5.91 Å². The van der Waals surface area contributed by atoms with Crippen LogP contribution in [0.3, 0.4) is 0 Å². The zero-order valence-electron chi connectivity index (χ0n) is 14.9. The number of hydrogen-bond donors (Lipinski definition) is 0. The molecule has 2 aromatic carbocycles. The molecule has 1 aliphatic rings. The molecule has 0 saturated carbocycles. The Morgan fingerprint density at radius 3 is 2.44 bits per heavy atom. The standard InChI is InChI=1S/C21H23F2NO/c1-13-5-4-6-14(2)20(13)24-12-16(9-15(3)21(24)25)10-17-7-8-18(22)11-19(17)23/h4-8,11,15-16H,9-10,12H2,1-3H3/t15-,16-/m0/s1. The third kappa shape index (κ3) is 3.58. The van der Waals surface area contributed by atoms with Crippen molar-refractivity contribution in [2.45, 2.75) is 33.6 Å². The van der Waals surface area contributed by atoms with Crippen LogP contribution in [0.4, 0.5) is 14.5 Å². The number of amides is 1. The number of halogens is 2. The fraction of sp³-hybridized carbons (Fsp3) is 0.381. The van der Waals surface area contributed by atoms with E-state index in [1.807, 2.05) is 43.9 Å². The fourth-order valence-corrected chi connectivity index (χ4v) is 3.87. The Bertz CT molecular complexity index is 782. The molecule has 2 aromatic rings. The third-order valence-electron chi connectivity index (χ3n) is 5.05. The van der Waals surface area contributed by atoms with Gasteiger partial charge < -0.3 is 4.90 Å². The highest BCUT2D eigenvalue weighted by Crippen LogP contribution is 2.33. The lowest BCUT2D eigenvalue weighted by Crippen LogP contribution is -2.46. The van der Waals surface area contributed by atoms with Crippen molar-refractivity contribution in [3.8, 4) is 0 Å². The third-order valence-corrected chi connectivity index (χ3v) is 5.05. The molecule has 0 spiro atoms. The van der Waals surface area contributed by atoms with E-state index in [1.165, 1.54) is 12.1 Å². The van der Waals surface area contributed by atoms with E-state index in [-0.39, 0.29) is 17.7 Å². The summed E-state index contributed by atoms with van der Waals surface area (Å²) in [5.74, 6) is -0.921. The molecule has 3 rings (SSSR count). The SMILES string of the molecule is Cc1cccc(C)c1N1C[C@H](Cc2ccc(F)cc2F)C[C@H](C)C1=O. The second kappa shape index (κ2) is 6.95. The highest BCUT2D eigenvalue weighted by Gasteiger charge is 2.33. The largest absolute Gasteiger partial charge is 0.311 e. The molecule has 0 radical (unpaired) electrons. The molecular weight excluding hydrogens is 320 g/mol. The molecular formula is C21H23F2NO. The summed E-state index contributed by atoms with van der Waals surface area (Å²) in [5.41, 5.74) is 3.60. The summed E-state index contributed by atoms with van der Waals surface area (Å²) in [6.45, 7) is 6.49. The lowest BCUT2D eigenvalue weighted by Gasteiger charge is -2.37. The van der Waals surface area contributed by atoms with Gasteiger partial charge in [0.25, 0.3) is 0 Å². The molecule has 0 bridgehead atoms. The summed E-state index contributed by atoms with van der Waals surface area (Å²) in [6.07, 6.45) is 1.22. The van der Waals surface area contributed by atoms with Crippen LogP contribution in [-0.4, -0.2) is 12.5 Å². The molecule has 25 heavy (non-hydrogen) atoms. The van der Waals surface area contributed by atoms with Crippen LogP contribution in [0.2, 0.25) is 0 Å². The monoisotopic (exact) mass is 343 g/mol. The first-order chi connectivity index (χ1) is 11.9. The summed E-state index contributed by atoms with van der Waals surface area (Å²) >= 11 is 0. The number of carbonyl (C=O) groups is 1. The van der Waals surface area contributed by atoms with Crippen LogP contribution in [0.15, 0.2) is 36.4 Å². The Balaban J connectivity index is 1.87. The predicted molar refractivity (Wildman–Crippen MR) is 95.6 cm³/mol. The van der Waals surface area contributed by atoms with Gasteiger partial charge in [0.15, 0.2) is 0 Å². The molecule has 0 aromatic heterocycles. The Kier molecular flexibility index (Phi) is 4.89. The normalized spacial score (nSPS) is 20.8. The van der Waals surface area contributed by atoms with Crippen molar-refractivity contribution in [3.05, 3.63) is 64.7 Å². The number of aryl methyl sites for hydroxylation is 2. The zero-order chi connectivity index (χ0) is 18.1. The van der Waals surface area contributed by atoms with E-state index < -0.39 is 11.6 Å². The first-order valence-corrected chi connectivity index (χ1v) is 8.68. The number of carbonyl (C=O) groups excluding carboxylic acids is 1. The number of rotatable bonds is 3. The minimum Gasteiger partial charge on any atom is -0.311 e. The Morgan fingerprint density at radius 1 is 1.12 bits per heavy atom. The number of benzene rings is 2. The highest BCUT2D eigenvalue weighted by atomic mass is 19.1. The van der Waals surface area contributed by atoms with Crippen LogP contribution in [0.5, 0.6) is 0 Å². The number of nitrogens with zero attached hydrogens (tertiary/aromatic N) is 1. The molecule has 2 atom stereocenters. The highest BCUT2D eigenvalue weighted by molar-refractivity contribution is 5.97. The van der Waals surface area contributed by atoms with Crippen LogP contribution in [-0.2, 0) is 11.2 Å². The van der Waals surface area contributed by atoms with Gasteiger partial charge in [-0.15, -0.1) is 0 Å². The van der Waals surface area contributed by atoms with Crippen LogP contribution in [0.1, 0.15) is 30.0 Å². The average molecular weight is 343 g/mol. The van der Waals surface area contributed by atoms with Gasteiger partial charge in [-0.2, -0.15) is 0 Å². The summed E-state index contributed by atoms with van der Waals surface area (Å²) < 4.78 is 27.1. The van der Waals surface area contributed by atoms with Gasteiger partial charge in [-0.1, -0.05) is 31.2 Å². The molecule has 2 nitrogen and oxygen atoms in total. The molecule has 1 saturated heterocycles. The van der Waals surface area contributed by atoms with E-state index in [0.717, 1.165) is 29.3 Å². The summed E-state index contributed by atoms with van der Waals surface area (Å²) in [4.78, 5) is 14.6. The first-order valence-electron chi connectivity index (χ1n) is 8.68. The molecule has 0 N–H and O–H groups in total. The first kappa shape index (κ1) is 17.6. The maximum atomic E-state index is 14.0. The maximum Gasteiger partial charge on any atom is 0.229 e. The van der Waals surface area contributed by atoms with Gasteiger partial charge in [-0.25, -0.2) is 8.78 Å². The molecule has 132 valence electrons. The zero-order valence-corrected chi connectivity index (χ0v) is 14.9. The van der Waals surface area contributed by atoms with Crippen LogP contribution < -0.4 is 4.90 Å². The van der Waals surface area contributed by atoms with Crippen molar-refractivity contribution < 1.29 is 13.6 Å². The number of para-hydroxylation sites is 1. The van der Waals surface area contributed by atoms with E-state index in [1.54, 1.807) is 0 Å². The smallest absolute Gasteiger partial charge is 0.229 e. The van der Waals surface area contributed by atoms with Gasteiger partial charge in [-0.05, 0) is 55.4 Å². The molecule has 0 aliphatic carbocycles. The van der Waals surface area contributed by atoms with Crippen molar-refractivity contribution in [1.29, 1.82) is 0 Å². The lowest BCUT2D eigenvalue weighted by molar-refractivity contribution is -0.124. The predicted octanol–water partition coefficient (Wildman–Crippen LogP) is 4.81. The van der Waals surface area contributed by atoms with Crippen molar-refractivity contribution in [3.63, 3.8) is 0 Å². The molecule has 4 heteroatoms. The van der Waals surface area contributed by atoms with E-state index in [2.05, 4.69) is 0 Å². The van der Waals surface area contributed by atoms with Crippen molar-refractivity contribution in [2.75, 3.05) is 11.4 Å². The summed E-state index contributed by atoms with van der Waals surface area (Å²) in [6, 6.07) is 9.72. The van der Waals surface area contributed by atoms with E-state index in [4.69, 9.17) is 0 Å². The molecule has 1 heterocycles. The average Bonchev–Trinajstić information content (AvgIpc) is 2.54. The van der Waals surface area contributed by atoms with Crippen molar-refractivity contribution >= 4 is 11.6 Å². The van der Waals surface area contributed by atoms with Gasteiger partial charge in [-0.3, -0.25) is 4.79 Å². The van der Waals surface area contributed by atoms with Gasteiger partial charge in [0.1, 0.15) is 11.6 Å². The second-order valence-electron chi connectivity index (χ2n) is 7.13. The maximum absolute atomic E-state index is 14.0. The van der Waals surface area contributed by atoms with Gasteiger partial charge >= 0.3 is 0 Å². The molecule has 0 unspecified atom stereocenters. The summed E-state index contributed by atoms with van der Waals surface area (Å²) in [5, 5.41) is 0. The van der Waals surface area contributed by atoms with E-state index in [0.29, 0.717) is 18.5 Å². The van der Waals surface area contributed by atoms with Gasteiger partial charge in [0, 0.05) is 24.2 Å². The summed E-state index contributed by atoms with van der Waals surface area (Å²) in [7, 11) is 0. The quantitative estimate of drug-likeness (QED) is 0.783. The van der Waals surface area contributed by atoms with Crippen LogP contribution >= 0.6 is 0 Å². The molecule has 1 fully saturated rings. The van der Waals surface area contributed by atoms with Crippen LogP contribution in [0, 0.1) is 37.3 Å². The Morgan fingerprint density at radius 2 is 1.80 bits per heavy atom. The number of anilines is 1. The topological polar surface area (TPSA) is 20.3 Å². The molecule has 1 amide bonds. The van der Waals surface area contributed by atoms with E-state index in [9.17, 15) is 13.6 Å². The van der Waals surface area contributed by atoms with Crippen molar-refractivity contribution in [2.24, 2.45) is 11.8 Å². The number of piperidine rings is 1. The fourth-order valence-electron chi connectivity index (χ4n) is 3.87. The molecule has 1 aliphatic heterocycles. The Labute approximate surface area is 147 Å². The van der Waals surface area contributed by atoms with Crippen LogP contribution in [0.25, 0.3) is 0 Å². The lowest BCUT2D eigenvalue weighted by atomic mass is 9.84. The minimum absolute atomic E-state index is 0.110. The number of hydrogen-bond acceptors (Lipinski definition) is 1. The second-order valence-corrected chi connectivity index (χ2v) is 7.13.